The molecular weight excluding hydrogens is 409 g/mol. The molecule has 32 heavy (non-hydrogen) atoms. The molecule has 0 spiro atoms. The first-order chi connectivity index (χ1) is 15.5. The van der Waals surface area contributed by atoms with Crippen LogP contribution in [-0.4, -0.2) is 32.6 Å². The Labute approximate surface area is 190 Å². The van der Waals surface area contributed by atoms with E-state index >= 15 is 0 Å². The van der Waals surface area contributed by atoms with Crippen molar-refractivity contribution in [2.45, 2.75) is 47.0 Å². The van der Waals surface area contributed by atoms with Crippen LogP contribution in [0.5, 0.6) is 17.2 Å². The molecule has 174 valence electrons. The summed E-state index contributed by atoms with van der Waals surface area (Å²) in [6.07, 6.45) is 6.60. The quantitative estimate of drug-likeness (QED) is 0.156. The second-order valence-corrected chi connectivity index (χ2v) is 7.53. The van der Waals surface area contributed by atoms with Gasteiger partial charge in [-0.1, -0.05) is 17.3 Å². The predicted molar refractivity (Wildman–Crippen MR) is 127 cm³/mol. The van der Waals surface area contributed by atoms with E-state index in [0.29, 0.717) is 31.1 Å². The van der Waals surface area contributed by atoms with E-state index in [4.69, 9.17) is 19.0 Å². The topological polar surface area (TPSA) is 49.3 Å². The molecule has 0 heterocycles. The van der Waals surface area contributed by atoms with Gasteiger partial charge >= 0.3 is 0 Å². The summed E-state index contributed by atoms with van der Waals surface area (Å²) in [4.78, 5) is 4.72. The van der Waals surface area contributed by atoms with Crippen molar-refractivity contribution in [2.75, 3.05) is 26.9 Å². The van der Waals surface area contributed by atoms with Crippen LogP contribution in [0.15, 0.2) is 47.6 Å². The maximum atomic E-state index is 14.2. The standard InChI is InChI=1S/C26H34FNO4/c1-6-7-13-30-23-16-19(2)26(20(3)17-23)32-15-10-8-9-14-31-25-12-11-22(18-24(25)27)21(4)28-29-5/h6-7,11-12,16-18H,8-10,13-15H2,1-5H3/b7-6+,28-21+. The predicted octanol–water partition coefficient (Wildman–Crippen LogP) is 6.40. The maximum absolute atomic E-state index is 14.2. The molecule has 0 aliphatic carbocycles. The summed E-state index contributed by atoms with van der Waals surface area (Å²) < 4.78 is 31.5. The van der Waals surface area contributed by atoms with Crippen LogP contribution >= 0.6 is 0 Å². The fourth-order valence-electron chi connectivity index (χ4n) is 3.23. The molecule has 0 aliphatic heterocycles. The van der Waals surface area contributed by atoms with Crippen molar-refractivity contribution in [3.05, 3.63) is 65.0 Å². The Kier molecular flexibility index (Phi) is 10.6. The summed E-state index contributed by atoms with van der Waals surface area (Å²) in [6, 6.07) is 8.80. The molecule has 0 amide bonds. The van der Waals surface area contributed by atoms with Gasteiger partial charge in [-0.2, -0.15) is 0 Å². The van der Waals surface area contributed by atoms with Crippen LogP contribution in [0.2, 0.25) is 0 Å². The lowest BCUT2D eigenvalue weighted by atomic mass is 10.1. The third-order valence-corrected chi connectivity index (χ3v) is 4.89. The highest BCUT2D eigenvalue weighted by Crippen LogP contribution is 2.28. The number of aryl methyl sites for hydroxylation is 2. The van der Waals surface area contributed by atoms with Crippen molar-refractivity contribution >= 4 is 5.71 Å². The van der Waals surface area contributed by atoms with Crippen LogP contribution < -0.4 is 14.2 Å². The molecule has 0 aromatic heterocycles. The van der Waals surface area contributed by atoms with E-state index in [-0.39, 0.29) is 5.75 Å². The molecule has 5 nitrogen and oxygen atoms in total. The van der Waals surface area contributed by atoms with E-state index in [0.717, 1.165) is 41.9 Å². The highest BCUT2D eigenvalue weighted by Gasteiger charge is 2.09. The number of hydrogen-bond acceptors (Lipinski definition) is 5. The Morgan fingerprint density at radius 1 is 0.969 bits per heavy atom. The minimum atomic E-state index is -0.402. The van der Waals surface area contributed by atoms with Crippen molar-refractivity contribution in [3.8, 4) is 17.2 Å². The van der Waals surface area contributed by atoms with E-state index in [1.54, 1.807) is 19.1 Å². The van der Waals surface area contributed by atoms with Gasteiger partial charge in [0.1, 0.15) is 25.2 Å². The van der Waals surface area contributed by atoms with Gasteiger partial charge < -0.3 is 19.0 Å². The van der Waals surface area contributed by atoms with E-state index < -0.39 is 5.82 Å². The molecule has 0 N–H and O–H groups in total. The molecule has 0 unspecified atom stereocenters. The first-order valence-corrected chi connectivity index (χ1v) is 10.9. The molecule has 0 bridgehead atoms. The fourth-order valence-corrected chi connectivity index (χ4v) is 3.23. The van der Waals surface area contributed by atoms with Crippen LogP contribution in [0.4, 0.5) is 4.39 Å². The number of rotatable bonds is 13. The zero-order valence-electron chi connectivity index (χ0n) is 19.7. The molecule has 2 aromatic carbocycles. The molecule has 6 heteroatoms. The Morgan fingerprint density at radius 3 is 2.28 bits per heavy atom. The van der Waals surface area contributed by atoms with Gasteiger partial charge in [-0.05, 0) is 88.4 Å². The van der Waals surface area contributed by atoms with Crippen molar-refractivity contribution in [3.63, 3.8) is 0 Å². The van der Waals surface area contributed by atoms with Crippen LogP contribution in [0, 0.1) is 19.7 Å². The molecule has 2 aromatic rings. The van der Waals surface area contributed by atoms with Gasteiger partial charge in [0.05, 0.1) is 18.9 Å². The first-order valence-electron chi connectivity index (χ1n) is 10.9. The van der Waals surface area contributed by atoms with Crippen LogP contribution in [0.25, 0.3) is 0 Å². The number of hydrogen-bond donors (Lipinski definition) is 0. The Bertz CT molecular complexity index is 901. The van der Waals surface area contributed by atoms with Crippen LogP contribution in [0.3, 0.4) is 0 Å². The summed E-state index contributed by atoms with van der Waals surface area (Å²) >= 11 is 0. The number of unbranched alkanes of at least 4 members (excludes halogenated alkanes) is 2. The fraction of sp³-hybridized carbons (Fsp3) is 0.423. The van der Waals surface area contributed by atoms with Crippen molar-refractivity contribution in [1.29, 1.82) is 0 Å². The lowest BCUT2D eigenvalue weighted by Gasteiger charge is -2.14. The Balaban J connectivity index is 1.71. The number of nitrogens with zero attached hydrogens (tertiary/aromatic N) is 1. The highest BCUT2D eigenvalue weighted by atomic mass is 19.1. The normalized spacial score (nSPS) is 11.6. The average Bonchev–Trinajstić information content (AvgIpc) is 2.76. The Hall–Kier alpha value is -3.02. The summed E-state index contributed by atoms with van der Waals surface area (Å²) in [5.41, 5.74) is 3.40. The van der Waals surface area contributed by atoms with Gasteiger partial charge in [0.15, 0.2) is 11.6 Å². The van der Waals surface area contributed by atoms with E-state index in [1.807, 2.05) is 45.1 Å². The van der Waals surface area contributed by atoms with E-state index in [9.17, 15) is 4.39 Å². The van der Waals surface area contributed by atoms with Gasteiger partial charge in [0, 0.05) is 5.56 Å². The molecule has 0 fully saturated rings. The van der Waals surface area contributed by atoms with Gasteiger partial charge in [0.25, 0.3) is 0 Å². The average molecular weight is 444 g/mol. The zero-order chi connectivity index (χ0) is 23.3. The second-order valence-electron chi connectivity index (χ2n) is 7.53. The molecular formula is C26H34FNO4. The van der Waals surface area contributed by atoms with Gasteiger partial charge in [0.2, 0.25) is 0 Å². The van der Waals surface area contributed by atoms with Crippen molar-refractivity contribution < 1.29 is 23.4 Å². The highest BCUT2D eigenvalue weighted by molar-refractivity contribution is 5.98. The van der Waals surface area contributed by atoms with Gasteiger partial charge in [-0.15, -0.1) is 0 Å². The Morgan fingerprint density at radius 2 is 1.66 bits per heavy atom. The van der Waals surface area contributed by atoms with Crippen molar-refractivity contribution in [2.24, 2.45) is 5.16 Å². The minimum absolute atomic E-state index is 0.248. The molecule has 0 radical (unpaired) electrons. The number of halogens is 1. The maximum Gasteiger partial charge on any atom is 0.165 e. The first kappa shape index (κ1) is 25.2. The summed E-state index contributed by atoms with van der Waals surface area (Å²) in [7, 11) is 1.46. The molecule has 0 saturated carbocycles. The molecule has 2 rings (SSSR count). The summed E-state index contributed by atoms with van der Waals surface area (Å²) in [5.74, 6) is 1.61. The third kappa shape index (κ3) is 7.91. The van der Waals surface area contributed by atoms with Crippen molar-refractivity contribution in [1.82, 2.24) is 0 Å². The van der Waals surface area contributed by atoms with Crippen LogP contribution in [-0.2, 0) is 4.84 Å². The lowest BCUT2D eigenvalue weighted by Crippen LogP contribution is -2.04. The summed E-state index contributed by atoms with van der Waals surface area (Å²) in [6.45, 7) is 9.44. The van der Waals surface area contributed by atoms with Gasteiger partial charge in [-0.3, -0.25) is 0 Å². The molecule has 0 aliphatic rings. The SMILES string of the molecule is C/C=C/COc1cc(C)c(OCCCCCOc2ccc(/C(C)=N/OC)cc2F)c(C)c1. The van der Waals surface area contributed by atoms with Crippen LogP contribution in [0.1, 0.15) is 49.8 Å². The second kappa shape index (κ2) is 13.4. The smallest absolute Gasteiger partial charge is 0.165 e. The van der Waals surface area contributed by atoms with Gasteiger partial charge in [-0.25, -0.2) is 4.39 Å². The number of allylic oxidation sites excluding steroid dienone is 1. The number of benzene rings is 2. The lowest BCUT2D eigenvalue weighted by molar-refractivity contribution is 0.213. The third-order valence-electron chi connectivity index (χ3n) is 4.89. The molecule has 0 saturated heterocycles. The number of oxime groups is 1. The summed E-state index contributed by atoms with van der Waals surface area (Å²) in [5, 5.41) is 3.81. The van der Waals surface area contributed by atoms with E-state index in [1.165, 1.54) is 13.2 Å². The zero-order valence-corrected chi connectivity index (χ0v) is 19.7. The largest absolute Gasteiger partial charge is 0.493 e. The minimum Gasteiger partial charge on any atom is -0.493 e. The molecule has 0 atom stereocenters. The van der Waals surface area contributed by atoms with E-state index in [2.05, 4.69) is 5.16 Å². The number of ether oxygens (including phenoxy) is 3. The monoisotopic (exact) mass is 443 g/mol.